The van der Waals surface area contributed by atoms with Crippen molar-refractivity contribution >= 4 is 15.9 Å². The zero-order valence-electron chi connectivity index (χ0n) is 9.91. The number of halogens is 1. The molecule has 2 rings (SSSR count). The molecule has 94 valence electrons. The molecule has 0 aliphatic carbocycles. The fourth-order valence-corrected chi connectivity index (χ4v) is 2.24. The van der Waals surface area contributed by atoms with Crippen molar-refractivity contribution in [3.05, 3.63) is 22.3 Å². The van der Waals surface area contributed by atoms with Gasteiger partial charge in [-0.25, -0.2) is 4.98 Å². The molecular formula is C12H17BrN2O2. The van der Waals surface area contributed by atoms with Gasteiger partial charge in [-0.05, 0) is 41.9 Å². The normalized spacial score (nSPS) is 19.5. The molecule has 1 saturated heterocycles. The summed E-state index contributed by atoms with van der Waals surface area (Å²) in [4.78, 5) is 4.29. The van der Waals surface area contributed by atoms with Gasteiger partial charge in [0, 0.05) is 29.4 Å². The molecule has 1 aromatic heterocycles. The largest absolute Gasteiger partial charge is 0.475 e. The summed E-state index contributed by atoms with van der Waals surface area (Å²) in [6.07, 6.45) is 4.19. The van der Waals surface area contributed by atoms with Crippen LogP contribution in [0.3, 0.4) is 0 Å². The summed E-state index contributed by atoms with van der Waals surface area (Å²) in [6, 6.07) is 2.02. The Morgan fingerprint density at radius 3 is 3.24 bits per heavy atom. The Kier molecular flexibility index (Phi) is 4.76. The first-order valence-electron chi connectivity index (χ1n) is 5.83. The summed E-state index contributed by atoms with van der Waals surface area (Å²) in [7, 11) is 1.91. The van der Waals surface area contributed by atoms with Crippen LogP contribution in [0, 0.1) is 0 Å². The van der Waals surface area contributed by atoms with Crippen LogP contribution in [-0.4, -0.2) is 31.3 Å². The molecule has 1 N–H and O–H groups in total. The molecule has 1 atom stereocenters. The van der Waals surface area contributed by atoms with Gasteiger partial charge >= 0.3 is 0 Å². The van der Waals surface area contributed by atoms with Crippen molar-refractivity contribution in [2.24, 2.45) is 0 Å². The maximum atomic E-state index is 5.73. The Balaban J connectivity index is 1.98. The van der Waals surface area contributed by atoms with E-state index in [1.54, 1.807) is 6.20 Å². The Morgan fingerprint density at radius 2 is 2.53 bits per heavy atom. The minimum atomic E-state index is 0.225. The zero-order chi connectivity index (χ0) is 12.1. The molecule has 1 aromatic rings. The van der Waals surface area contributed by atoms with Crippen LogP contribution in [-0.2, 0) is 11.3 Å². The van der Waals surface area contributed by atoms with E-state index in [9.17, 15) is 0 Å². The van der Waals surface area contributed by atoms with E-state index in [1.807, 2.05) is 13.1 Å². The fourth-order valence-electron chi connectivity index (χ4n) is 1.86. The second kappa shape index (κ2) is 6.33. The van der Waals surface area contributed by atoms with Crippen molar-refractivity contribution < 1.29 is 9.47 Å². The minimum Gasteiger partial charge on any atom is -0.475 e. The van der Waals surface area contributed by atoms with E-state index in [4.69, 9.17) is 9.47 Å². The first-order chi connectivity index (χ1) is 8.29. The molecule has 1 aliphatic rings. The van der Waals surface area contributed by atoms with Gasteiger partial charge in [-0.15, -0.1) is 0 Å². The van der Waals surface area contributed by atoms with Crippen LogP contribution in [0.15, 0.2) is 16.7 Å². The summed E-state index contributed by atoms with van der Waals surface area (Å²) in [5.41, 5.74) is 1.06. The Morgan fingerprint density at radius 1 is 1.65 bits per heavy atom. The van der Waals surface area contributed by atoms with Crippen molar-refractivity contribution in [1.29, 1.82) is 0 Å². The number of aromatic nitrogens is 1. The van der Waals surface area contributed by atoms with Gasteiger partial charge in [-0.1, -0.05) is 0 Å². The van der Waals surface area contributed by atoms with Crippen LogP contribution in [0.5, 0.6) is 5.88 Å². The molecule has 0 aromatic carbocycles. The van der Waals surface area contributed by atoms with Gasteiger partial charge in [-0.2, -0.15) is 0 Å². The summed E-state index contributed by atoms with van der Waals surface area (Å²) >= 11 is 3.41. The standard InChI is InChI=1S/C12H17BrN2O2/c1-14-6-9-5-10(13)7-15-12(9)17-8-11-3-2-4-16-11/h5,7,11,14H,2-4,6,8H2,1H3. The predicted octanol–water partition coefficient (Wildman–Crippen LogP) is 2.12. The first-order valence-corrected chi connectivity index (χ1v) is 6.62. The fraction of sp³-hybridized carbons (Fsp3) is 0.583. The maximum Gasteiger partial charge on any atom is 0.217 e. The SMILES string of the molecule is CNCc1cc(Br)cnc1OCC1CCCO1. The summed E-state index contributed by atoms with van der Waals surface area (Å²) in [5, 5.41) is 3.11. The van der Waals surface area contributed by atoms with Crippen molar-refractivity contribution in [2.45, 2.75) is 25.5 Å². The van der Waals surface area contributed by atoms with Crippen LogP contribution in [0.2, 0.25) is 0 Å². The van der Waals surface area contributed by atoms with Crippen LogP contribution < -0.4 is 10.1 Å². The van der Waals surface area contributed by atoms with E-state index < -0.39 is 0 Å². The molecule has 0 spiro atoms. The van der Waals surface area contributed by atoms with E-state index in [2.05, 4.69) is 26.2 Å². The van der Waals surface area contributed by atoms with Crippen molar-refractivity contribution in [3.8, 4) is 5.88 Å². The van der Waals surface area contributed by atoms with Gasteiger partial charge < -0.3 is 14.8 Å². The van der Waals surface area contributed by atoms with Crippen molar-refractivity contribution in [2.75, 3.05) is 20.3 Å². The highest BCUT2D eigenvalue weighted by Crippen LogP contribution is 2.21. The highest BCUT2D eigenvalue weighted by atomic mass is 79.9. The minimum absolute atomic E-state index is 0.225. The molecule has 2 heterocycles. The zero-order valence-corrected chi connectivity index (χ0v) is 11.5. The van der Waals surface area contributed by atoms with Crippen LogP contribution >= 0.6 is 15.9 Å². The van der Waals surface area contributed by atoms with E-state index in [-0.39, 0.29) is 6.10 Å². The molecule has 17 heavy (non-hydrogen) atoms. The van der Waals surface area contributed by atoms with E-state index in [0.717, 1.165) is 36.0 Å². The summed E-state index contributed by atoms with van der Waals surface area (Å²) in [5.74, 6) is 0.693. The lowest BCUT2D eigenvalue weighted by Gasteiger charge is -2.13. The molecule has 0 bridgehead atoms. The highest BCUT2D eigenvalue weighted by molar-refractivity contribution is 9.10. The lowest BCUT2D eigenvalue weighted by molar-refractivity contribution is 0.0659. The van der Waals surface area contributed by atoms with Crippen LogP contribution in [0.25, 0.3) is 0 Å². The third-order valence-corrected chi connectivity index (χ3v) is 3.12. The van der Waals surface area contributed by atoms with E-state index in [1.165, 1.54) is 0 Å². The first kappa shape index (κ1) is 12.8. The Hall–Kier alpha value is -0.650. The van der Waals surface area contributed by atoms with Crippen LogP contribution in [0.1, 0.15) is 18.4 Å². The number of ether oxygens (including phenoxy) is 2. The van der Waals surface area contributed by atoms with Gasteiger partial charge in [0.1, 0.15) is 6.61 Å². The van der Waals surface area contributed by atoms with E-state index in [0.29, 0.717) is 12.5 Å². The average Bonchev–Trinajstić information content (AvgIpc) is 2.81. The number of pyridine rings is 1. The van der Waals surface area contributed by atoms with Crippen molar-refractivity contribution in [3.63, 3.8) is 0 Å². The molecule has 1 unspecified atom stereocenters. The second-order valence-electron chi connectivity index (χ2n) is 4.09. The number of nitrogens with one attached hydrogen (secondary N) is 1. The van der Waals surface area contributed by atoms with Gasteiger partial charge in [-0.3, -0.25) is 0 Å². The van der Waals surface area contributed by atoms with Gasteiger partial charge in [0.05, 0.1) is 6.10 Å². The summed E-state index contributed by atoms with van der Waals surface area (Å²) in [6.45, 7) is 2.18. The van der Waals surface area contributed by atoms with Gasteiger partial charge in [0.2, 0.25) is 5.88 Å². The topological polar surface area (TPSA) is 43.4 Å². The summed E-state index contributed by atoms with van der Waals surface area (Å²) < 4.78 is 12.2. The number of hydrogen-bond donors (Lipinski definition) is 1. The molecule has 5 heteroatoms. The molecule has 1 aliphatic heterocycles. The molecule has 4 nitrogen and oxygen atoms in total. The monoisotopic (exact) mass is 300 g/mol. The Labute approximate surface area is 110 Å². The lowest BCUT2D eigenvalue weighted by atomic mass is 10.2. The van der Waals surface area contributed by atoms with Gasteiger partial charge in [0.25, 0.3) is 0 Å². The van der Waals surface area contributed by atoms with Crippen molar-refractivity contribution in [1.82, 2.24) is 10.3 Å². The van der Waals surface area contributed by atoms with Crippen LogP contribution in [0.4, 0.5) is 0 Å². The molecule has 0 saturated carbocycles. The quantitative estimate of drug-likeness (QED) is 0.905. The maximum absolute atomic E-state index is 5.73. The smallest absolute Gasteiger partial charge is 0.217 e. The number of hydrogen-bond acceptors (Lipinski definition) is 4. The third kappa shape index (κ3) is 3.66. The van der Waals surface area contributed by atoms with Gasteiger partial charge in [0.15, 0.2) is 0 Å². The number of nitrogens with zero attached hydrogens (tertiary/aromatic N) is 1. The highest BCUT2D eigenvalue weighted by Gasteiger charge is 2.17. The average molecular weight is 301 g/mol. The second-order valence-corrected chi connectivity index (χ2v) is 5.01. The molecule has 0 amide bonds. The molecule has 0 radical (unpaired) electrons. The Bertz CT molecular complexity index is 368. The lowest BCUT2D eigenvalue weighted by Crippen LogP contribution is -2.18. The third-order valence-electron chi connectivity index (χ3n) is 2.69. The molecule has 1 fully saturated rings. The molecular weight excluding hydrogens is 284 g/mol. The predicted molar refractivity (Wildman–Crippen MR) is 69.2 cm³/mol. The van der Waals surface area contributed by atoms with E-state index >= 15 is 0 Å². The number of rotatable bonds is 5.